The number of likely N-dealkylation sites (tertiary alicyclic amines) is 1. The molecule has 0 spiro atoms. The van der Waals surface area contributed by atoms with E-state index in [1.165, 1.54) is 6.07 Å². The second-order valence-corrected chi connectivity index (χ2v) is 12.2. The Hall–Kier alpha value is -4.06. The van der Waals surface area contributed by atoms with Crippen LogP contribution in [0.15, 0.2) is 42.5 Å². The van der Waals surface area contributed by atoms with Crippen LogP contribution in [0, 0.1) is 11.6 Å². The Balaban J connectivity index is 1.14. The number of nitrogens with one attached hydrogen (secondary N) is 2. The Morgan fingerprint density at radius 1 is 1.02 bits per heavy atom. The van der Waals surface area contributed by atoms with Crippen LogP contribution in [0.25, 0.3) is 0 Å². The van der Waals surface area contributed by atoms with Crippen molar-refractivity contribution in [1.82, 2.24) is 29.9 Å². The third kappa shape index (κ3) is 5.80. The topological polar surface area (TPSA) is 116 Å². The van der Waals surface area contributed by atoms with Gasteiger partial charge in [0.05, 0.1) is 6.04 Å². The lowest BCUT2D eigenvalue weighted by Crippen LogP contribution is -2.52. The van der Waals surface area contributed by atoms with E-state index in [9.17, 15) is 23.5 Å². The van der Waals surface area contributed by atoms with Gasteiger partial charge in [-0.3, -0.25) is 0 Å². The van der Waals surface area contributed by atoms with Gasteiger partial charge in [-0.25, -0.2) is 18.4 Å². The minimum atomic E-state index is -1.34. The number of anilines is 1. The molecule has 4 amide bonds. The van der Waals surface area contributed by atoms with E-state index in [1.54, 1.807) is 29.4 Å². The number of carbonyl (C=O) groups excluding carboxylic acids is 2. The molecule has 3 aromatic rings. The number of benzene rings is 2. The van der Waals surface area contributed by atoms with Gasteiger partial charge in [0.15, 0.2) is 23.3 Å². The van der Waals surface area contributed by atoms with Crippen molar-refractivity contribution in [1.29, 1.82) is 0 Å². The summed E-state index contributed by atoms with van der Waals surface area (Å²) < 4.78 is 30.7. The minimum absolute atomic E-state index is 0.0237. The summed E-state index contributed by atoms with van der Waals surface area (Å²) in [6, 6.07) is 11.1. The van der Waals surface area contributed by atoms with Crippen molar-refractivity contribution >= 4 is 17.7 Å². The lowest BCUT2D eigenvalue weighted by atomic mass is 9.92. The Bertz CT molecular complexity index is 1510. The maximum atomic E-state index is 14.8. The summed E-state index contributed by atoms with van der Waals surface area (Å²) in [5, 5.41) is 25.5. The standard InChI is InChI=1S/C31H37F2N7O3/c1-31(2,43)28-37-36-27-25(11-10-20(18-40(27)28)22-7-5-8-23(32)26(22)33)35-29(41)38-15-13-21(14-16-38)39-17-12-19-6-3-4-9-24(19)34-30(39)42/h3-9,20-21,25,43H,10-18H2,1-2H3,(H,34,42)(H,35,41)/t20-,25-/m1/s1. The Kier molecular flexibility index (Phi) is 7.80. The first-order valence-electron chi connectivity index (χ1n) is 14.9. The highest BCUT2D eigenvalue weighted by atomic mass is 19.2. The molecule has 0 aliphatic carbocycles. The first kappa shape index (κ1) is 29.0. The number of fused-ring (bicyclic) bond motifs is 2. The summed E-state index contributed by atoms with van der Waals surface area (Å²) in [4.78, 5) is 30.1. The van der Waals surface area contributed by atoms with Gasteiger partial charge < -0.3 is 30.1 Å². The smallest absolute Gasteiger partial charge is 0.322 e. The predicted octanol–water partition coefficient (Wildman–Crippen LogP) is 4.67. The van der Waals surface area contributed by atoms with Gasteiger partial charge in [0, 0.05) is 43.8 Å². The third-order valence-electron chi connectivity index (χ3n) is 8.90. The number of urea groups is 2. The van der Waals surface area contributed by atoms with E-state index < -0.39 is 29.2 Å². The van der Waals surface area contributed by atoms with Crippen molar-refractivity contribution in [3.63, 3.8) is 0 Å². The van der Waals surface area contributed by atoms with E-state index in [1.807, 2.05) is 29.2 Å². The molecule has 0 saturated carbocycles. The summed E-state index contributed by atoms with van der Waals surface area (Å²) in [6.45, 7) is 5.01. The van der Waals surface area contributed by atoms with Crippen LogP contribution in [0.4, 0.5) is 24.1 Å². The quantitative estimate of drug-likeness (QED) is 0.407. The van der Waals surface area contributed by atoms with Crippen molar-refractivity contribution < 1.29 is 23.5 Å². The normalized spacial score (nSPS) is 21.4. The Morgan fingerprint density at radius 2 is 1.79 bits per heavy atom. The van der Waals surface area contributed by atoms with Crippen molar-refractivity contribution in [2.24, 2.45) is 0 Å². The zero-order valence-corrected chi connectivity index (χ0v) is 24.4. The SMILES string of the molecule is CC(C)(O)c1nnc2n1C[C@H](c1cccc(F)c1F)CC[C@H]2NC(=O)N1CCC(N2CCc3ccccc3NC2=O)CC1. The number of rotatable bonds is 4. The number of para-hydroxylation sites is 1. The van der Waals surface area contributed by atoms with Gasteiger partial charge >= 0.3 is 12.1 Å². The van der Waals surface area contributed by atoms with E-state index in [0.29, 0.717) is 57.0 Å². The molecule has 10 nitrogen and oxygen atoms in total. The molecule has 6 rings (SSSR count). The molecule has 3 aliphatic heterocycles. The van der Waals surface area contributed by atoms with Gasteiger partial charge in [-0.2, -0.15) is 0 Å². The molecule has 43 heavy (non-hydrogen) atoms. The highest BCUT2D eigenvalue weighted by Crippen LogP contribution is 2.36. The van der Waals surface area contributed by atoms with Gasteiger partial charge in [0.1, 0.15) is 5.60 Å². The summed E-state index contributed by atoms with van der Waals surface area (Å²) >= 11 is 0. The monoisotopic (exact) mass is 593 g/mol. The maximum absolute atomic E-state index is 14.8. The summed E-state index contributed by atoms with van der Waals surface area (Å²) in [5.74, 6) is -1.44. The average molecular weight is 594 g/mol. The number of hydrogen-bond donors (Lipinski definition) is 3. The number of aliphatic hydroxyl groups is 1. The van der Waals surface area contributed by atoms with Crippen LogP contribution < -0.4 is 10.6 Å². The van der Waals surface area contributed by atoms with E-state index in [-0.39, 0.29) is 30.2 Å². The number of carbonyl (C=O) groups is 2. The average Bonchev–Trinajstić information content (AvgIpc) is 3.24. The van der Waals surface area contributed by atoms with Gasteiger partial charge in [0.2, 0.25) is 0 Å². The van der Waals surface area contributed by atoms with Crippen LogP contribution in [0.2, 0.25) is 0 Å². The van der Waals surface area contributed by atoms with Crippen LogP contribution in [0.1, 0.15) is 74.3 Å². The van der Waals surface area contributed by atoms with E-state index in [0.717, 1.165) is 23.7 Å². The minimum Gasteiger partial charge on any atom is -0.382 e. The third-order valence-corrected chi connectivity index (χ3v) is 8.90. The molecule has 0 radical (unpaired) electrons. The van der Waals surface area contributed by atoms with E-state index >= 15 is 0 Å². The summed E-state index contributed by atoms with van der Waals surface area (Å²) in [5.41, 5.74) is 0.869. The largest absolute Gasteiger partial charge is 0.382 e. The molecule has 1 aromatic heterocycles. The number of halogens is 2. The number of hydrogen-bond acceptors (Lipinski definition) is 5. The molecule has 228 valence electrons. The molecular formula is C31H37F2N7O3. The predicted molar refractivity (Wildman–Crippen MR) is 155 cm³/mol. The summed E-state index contributed by atoms with van der Waals surface area (Å²) in [6.07, 6.45) is 2.98. The molecule has 12 heteroatoms. The zero-order chi connectivity index (χ0) is 30.3. The van der Waals surface area contributed by atoms with Gasteiger partial charge in [-0.1, -0.05) is 30.3 Å². The highest BCUT2D eigenvalue weighted by Gasteiger charge is 2.36. The van der Waals surface area contributed by atoms with Crippen molar-refractivity contribution in [2.45, 2.75) is 76.1 Å². The van der Waals surface area contributed by atoms with Crippen molar-refractivity contribution in [3.8, 4) is 0 Å². The molecule has 3 N–H and O–H groups in total. The lowest BCUT2D eigenvalue weighted by molar-refractivity contribution is 0.0637. The van der Waals surface area contributed by atoms with Gasteiger partial charge in [-0.15, -0.1) is 10.2 Å². The summed E-state index contributed by atoms with van der Waals surface area (Å²) in [7, 11) is 0. The van der Waals surface area contributed by atoms with Crippen molar-refractivity contribution in [2.75, 3.05) is 25.0 Å². The molecular weight excluding hydrogens is 556 g/mol. The Morgan fingerprint density at radius 3 is 2.56 bits per heavy atom. The van der Waals surface area contributed by atoms with Crippen molar-refractivity contribution in [3.05, 3.63) is 76.9 Å². The Labute approximate surface area is 249 Å². The number of aromatic nitrogens is 3. The molecule has 3 aliphatic rings. The van der Waals surface area contributed by atoms with Crippen LogP contribution in [-0.4, -0.2) is 67.4 Å². The first-order chi connectivity index (χ1) is 20.6. The zero-order valence-electron chi connectivity index (χ0n) is 24.4. The first-order valence-corrected chi connectivity index (χ1v) is 14.9. The second kappa shape index (κ2) is 11.6. The molecule has 0 bridgehead atoms. The van der Waals surface area contributed by atoms with E-state index in [2.05, 4.69) is 20.8 Å². The van der Waals surface area contributed by atoms with Crippen LogP contribution >= 0.6 is 0 Å². The molecule has 1 saturated heterocycles. The number of piperidine rings is 1. The van der Waals surface area contributed by atoms with Crippen LogP contribution in [0.3, 0.4) is 0 Å². The fourth-order valence-electron chi connectivity index (χ4n) is 6.60. The molecule has 4 heterocycles. The highest BCUT2D eigenvalue weighted by molar-refractivity contribution is 5.91. The fourth-order valence-corrected chi connectivity index (χ4v) is 6.60. The molecule has 2 atom stereocenters. The van der Waals surface area contributed by atoms with Crippen LogP contribution in [-0.2, 0) is 18.6 Å². The van der Waals surface area contributed by atoms with E-state index in [4.69, 9.17) is 0 Å². The fraction of sp³-hybridized carbons (Fsp3) is 0.484. The lowest BCUT2D eigenvalue weighted by Gasteiger charge is -2.38. The second-order valence-electron chi connectivity index (χ2n) is 12.2. The molecule has 0 unspecified atom stereocenters. The molecule has 1 fully saturated rings. The number of nitrogens with zero attached hydrogens (tertiary/aromatic N) is 5. The van der Waals surface area contributed by atoms with Crippen LogP contribution in [0.5, 0.6) is 0 Å². The number of amides is 4. The van der Waals surface area contributed by atoms with Gasteiger partial charge in [-0.05, 0) is 69.2 Å². The van der Waals surface area contributed by atoms with Gasteiger partial charge in [0.25, 0.3) is 0 Å². The maximum Gasteiger partial charge on any atom is 0.322 e. The molecule has 2 aromatic carbocycles.